The molecule has 2 rings (SSSR count). The number of hydrogen-bond donors (Lipinski definition) is 1. The van der Waals surface area contributed by atoms with Gasteiger partial charge >= 0.3 is 0 Å². The van der Waals surface area contributed by atoms with Crippen LogP contribution in [-0.4, -0.2) is 0 Å². The number of thiophene rings is 1. The molecule has 86 valence electrons. The van der Waals surface area contributed by atoms with Crippen LogP contribution in [0.4, 0.5) is 0 Å². The molecule has 16 heavy (non-hydrogen) atoms. The zero-order chi connectivity index (χ0) is 11.4. The van der Waals surface area contributed by atoms with E-state index < -0.39 is 0 Å². The molecule has 1 N–H and O–H groups in total. The Kier molecular flexibility index (Phi) is 3.80. The van der Waals surface area contributed by atoms with Crippen LogP contribution in [0.1, 0.15) is 35.8 Å². The fourth-order valence-corrected chi connectivity index (χ4v) is 2.63. The first-order valence-electron chi connectivity index (χ1n) is 5.61. The van der Waals surface area contributed by atoms with E-state index in [4.69, 9.17) is 4.42 Å². The molecular formula is C13H17NOS. The Balaban J connectivity index is 1.93. The summed E-state index contributed by atoms with van der Waals surface area (Å²) in [6.07, 6.45) is 1.10. The molecule has 0 bridgehead atoms. The van der Waals surface area contributed by atoms with E-state index in [9.17, 15) is 0 Å². The van der Waals surface area contributed by atoms with E-state index in [2.05, 4.69) is 29.8 Å². The lowest BCUT2D eigenvalue weighted by Gasteiger charge is -2.14. The van der Waals surface area contributed by atoms with Crippen molar-refractivity contribution in [1.29, 1.82) is 0 Å². The van der Waals surface area contributed by atoms with Crippen LogP contribution in [0.15, 0.2) is 34.1 Å². The smallest absolute Gasteiger partial charge is 0.117 e. The minimum atomic E-state index is 0.436. The van der Waals surface area contributed by atoms with E-state index in [0.29, 0.717) is 6.04 Å². The number of aryl methyl sites for hydroxylation is 1. The van der Waals surface area contributed by atoms with Crippen molar-refractivity contribution in [1.82, 2.24) is 5.32 Å². The molecule has 2 nitrogen and oxygen atoms in total. The zero-order valence-electron chi connectivity index (χ0n) is 9.69. The van der Waals surface area contributed by atoms with Crippen molar-refractivity contribution in [2.24, 2.45) is 0 Å². The Bertz CT molecular complexity index is 419. The minimum Gasteiger partial charge on any atom is -0.465 e. The molecule has 0 aliphatic heterocycles. The summed E-state index contributed by atoms with van der Waals surface area (Å²) in [5.74, 6) is 1.98. The molecule has 0 spiro atoms. The maximum atomic E-state index is 5.54. The molecule has 0 saturated carbocycles. The summed E-state index contributed by atoms with van der Waals surface area (Å²) in [5.41, 5.74) is 0. The molecule has 0 aliphatic carbocycles. The standard InChI is InChI=1S/C13H17NOS/c1-3-12(13-5-4-8-16-13)14-9-11-7-6-10(2)15-11/h4-8,12,14H,3,9H2,1-2H3. The predicted octanol–water partition coefficient (Wildman–Crippen LogP) is 3.89. The van der Waals surface area contributed by atoms with Gasteiger partial charge in [0, 0.05) is 10.9 Å². The number of rotatable bonds is 5. The van der Waals surface area contributed by atoms with E-state index in [-0.39, 0.29) is 0 Å². The second-order valence-electron chi connectivity index (χ2n) is 3.87. The van der Waals surface area contributed by atoms with Crippen molar-refractivity contribution in [3.8, 4) is 0 Å². The van der Waals surface area contributed by atoms with Crippen molar-refractivity contribution in [2.75, 3.05) is 0 Å². The predicted molar refractivity (Wildman–Crippen MR) is 67.6 cm³/mol. The molecule has 0 saturated heterocycles. The second-order valence-corrected chi connectivity index (χ2v) is 4.85. The molecule has 2 heterocycles. The second kappa shape index (κ2) is 5.32. The van der Waals surface area contributed by atoms with Gasteiger partial charge < -0.3 is 9.73 Å². The molecule has 2 aromatic heterocycles. The van der Waals surface area contributed by atoms with Gasteiger partial charge in [0.25, 0.3) is 0 Å². The van der Waals surface area contributed by atoms with Gasteiger partial charge in [-0.3, -0.25) is 0 Å². The summed E-state index contributed by atoms with van der Waals surface area (Å²) in [4.78, 5) is 1.39. The SMILES string of the molecule is CCC(NCc1ccc(C)o1)c1cccs1. The topological polar surface area (TPSA) is 25.2 Å². The molecule has 1 atom stereocenters. The molecule has 0 radical (unpaired) electrons. The summed E-state index contributed by atoms with van der Waals surface area (Å²) >= 11 is 1.80. The van der Waals surface area contributed by atoms with E-state index in [1.807, 2.05) is 19.1 Å². The first-order valence-corrected chi connectivity index (χ1v) is 6.49. The van der Waals surface area contributed by atoms with E-state index in [1.165, 1.54) is 4.88 Å². The van der Waals surface area contributed by atoms with Crippen molar-refractivity contribution in [3.63, 3.8) is 0 Å². The van der Waals surface area contributed by atoms with Crippen LogP contribution in [0.5, 0.6) is 0 Å². The van der Waals surface area contributed by atoms with Gasteiger partial charge in [0.15, 0.2) is 0 Å². The first-order chi connectivity index (χ1) is 7.79. The molecule has 0 aromatic carbocycles. The Hall–Kier alpha value is -1.06. The monoisotopic (exact) mass is 235 g/mol. The molecular weight excluding hydrogens is 218 g/mol. The molecule has 2 aromatic rings. The molecule has 0 fully saturated rings. The largest absolute Gasteiger partial charge is 0.465 e. The van der Waals surface area contributed by atoms with Crippen molar-refractivity contribution in [3.05, 3.63) is 46.0 Å². The third-order valence-corrected chi connectivity index (χ3v) is 3.60. The quantitative estimate of drug-likeness (QED) is 0.850. The fourth-order valence-electron chi connectivity index (χ4n) is 1.74. The Morgan fingerprint density at radius 1 is 1.38 bits per heavy atom. The molecule has 3 heteroatoms. The summed E-state index contributed by atoms with van der Waals surface area (Å²) in [5, 5.41) is 5.64. The third kappa shape index (κ3) is 2.74. The van der Waals surface area contributed by atoms with Crippen LogP contribution in [0.3, 0.4) is 0 Å². The van der Waals surface area contributed by atoms with Gasteiger partial charge in [0.1, 0.15) is 11.5 Å². The Morgan fingerprint density at radius 3 is 2.81 bits per heavy atom. The van der Waals surface area contributed by atoms with Crippen molar-refractivity contribution in [2.45, 2.75) is 32.9 Å². The summed E-state index contributed by atoms with van der Waals surface area (Å²) in [6.45, 7) is 4.97. The fraction of sp³-hybridized carbons (Fsp3) is 0.385. The highest BCUT2D eigenvalue weighted by Gasteiger charge is 2.10. The van der Waals surface area contributed by atoms with Gasteiger partial charge in [0.2, 0.25) is 0 Å². The third-order valence-electron chi connectivity index (χ3n) is 2.61. The van der Waals surface area contributed by atoms with Gasteiger partial charge in [-0.15, -0.1) is 11.3 Å². The van der Waals surface area contributed by atoms with Gasteiger partial charge in [0.05, 0.1) is 6.54 Å². The molecule has 1 unspecified atom stereocenters. The minimum absolute atomic E-state index is 0.436. The summed E-state index contributed by atoms with van der Waals surface area (Å²) in [6, 6.07) is 8.75. The molecule has 0 amide bonds. The normalized spacial score (nSPS) is 12.9. The highest BCUT2D eigenvalue weighted by atomic mass is 32.1. The van der Waals surface area contributed by atoms with Gasteiger partial charge in [-0.25, -0.2) is 0 Å². The maximum Gasteiger partial charge on any atom is 0.117 e. The highest BCUT2D eigenvalue weighted by Crippen LogP contribution is 2.22. The average Bonchev–Trinajstić information content (AvgIpc) is 2.91. The van der Waals surface area contributed by atoms with Gasteiger partial charge in [-0.1, -0.05) is 13.0 Å². The lowest BCUT2D eigenvalue weighted by molar-refractivity contribution is 0.433. The summed E-state index contributed by atoms with van der Waals surface area (Å²) < 4.78 is 5.54. The van der Waals surface area contributed by atoms with E-state index in [1.54, 1.807) is 11.3 Å². The van der Waals surface area contributed by atoms with Crippen LogP contribution in [0.2, 0.25) is 0 Å². The van der Waals surface area contributed by atoms with E-state index in [0.717, 1.165) is 24.5 Å². The van der Waals surface area contributed by atoms with Crippen LogP contribution in [0.25, 0.3) is 0 Å². The van der Waals surface area contributed by atoms with Crippen LogP contribution < -0.4 is 5.32 Å². The average molecular weight is 235 g/mol. The number of furan rings is 1. The van der Waals surface area contributed by atoms with Crippen LogP contribution in [-0.2, 0) is 6.54 Å². The van der Waals surface area contributed by atoms with E-state index >= 15 is 0 Å². The summed E-state index contributed by atoms with van der Waals surface area (Å²) in [7, 11) is 0. The highest BCUT2D eigenvalue weighted by molar-refractivity contribution is 7.10. The van der Waals surface area contributed by atoms with Crippen molar-refractivity contribution < 1.29 is 4.42 Å². The maximum absolute atomic E-state index is 5.54. The zero-order valence-corrected chi connectivity index (χ0v) is 10.5. The Labute approximate surface area is 100 Å². The van der Waals surface area contributed by atoms with Gasteiger partial charge in [-0.2, -0.15) is 0 Å². The first kappa shape index (κ1) is 11.4. The van der Waals surface area contributed by atoms with Crippen LogP contribution >= 0.6 is 11.3 Å². The Morgan fingerprint density at radius 2 is 2.25 bits per heavy atom. The van der Waals surface area contributed by atoms with Gasteiger partial charge in [-0.05, 0) is 36.9 Å². The lowest BCUT2D eigenvalue weighted by atomic mass is 10.2. The number of hydrogen-bond acceptors (Lipinski definition) is 3. The van der Waals surface area contributed by atoms with Crippen molar-refractivity contribution >= 4 is 11.3 Å². The molecule has 0 aliphatic rings. The number of nitrogens with one attached hydrogen (secondary N) is 1. The lowest BCUT2D eigenvalue weighted by Crippen LogP contribution is -2.18. The van der Waals surface area contributed by atoms with Crippen LogP contribution in [0, 0.1) is 6.92 Å².